The SMILES string of the molecule is CNCCc1ccc(CN(C)C2CCC(C)(C)CC2)cc1. The summed E-state index contributed by atoms with van der Waals surface area (Å²) in [7, 11) is 4.30. The maximum absolute atomic E-state index is 3.20. The van der Waals surface area contributed by atoms with E-state index >= 15 is 0 Å². The van der Waals surface area contributed by atoms with Gasteiger partial charge < -0.3 is 5.32 Å². The van der Waals surface area contributed by atoms with Crippen molar-refractivity contribution in [1.29, 1.82) is 0 Å². The second kappa shape index (κ2) is 7.42. The maximum atomic E-state index is 3.20. The van der Waals surface area contributed by atoms with Crippen molar-refractivity contribution in [3.05, 3.63) is 35.4 Å². The molecule has 1 N–H and O–H groups in total. The maximum Gasteiger partial charge on any atom is 0.0233 e. The lowest BCUT2D eigenvalue weighted by molar-refractivity contribution is 0.123. The minimum absolute atomic E-state index is 0.562. The van der Waals surface area contributed by atoms with Crippen LogP contribution in [0, 0.1) is 5.41 Å². The van der Waals surface area contributed by atoms with Crippen LogP contribution in [0.2, 0.25) is 0 Å². The Bertz CT molecular complexity index is 412. The number of nitrogens with zero attached hydrogens (tertiary/aromatic N) is 1. The van der Waals surface area contributed by atoms with Crippen LogP contribution in [0.1, 0.15) is 50.7 Å². The lowest BCUT2D eigenvalue weighted by atomic mass is 9.75. The molecule has 0 atom stereocenters. The molecule has 0 heterocycles. The Labute approximate surface area is 130 Å². The topological polar surface area (TPSA) is 15.3 Å². The smallest absolute Gasteiger partial charge is 0.0233 e. The molecule has 1 fully saturated rings. The molecule has 2 rings (SSSR count). The van der Waals surface area contributed by atoms with Gasteiger partial charge >= 0.3 is 0 Å². The van der Waals surface area contributed by atoms with Crippen molar-refractivity contribution in [3.8, 4) is 0 Å². The van der Waals surface area contributed by atoms with Gasteiger partial charge in [-0.15, -0.1) is 0 Å². The van der Waals surface area contributed by atoms with E-state index in [1.165, 1.54) is 36.8 Å². The molecule has 0 bridgehead atoms. The standard InChI is InChI=1S/C19H32N2/c1-19(2)12-9-18(10-13-19)21(4)15-17-7-5-16(6-8-17)11-14-20-3/h5-8,18,20H,9-15H2,1-4H3. The highest BCUT2D eigenvalue weighted by molar-refractivity contribution is 5.22. The summed E-state index contributed by atoms with van der Waals surface area (Å²) in [6.45, 7) is 6.95. The van der Waals surface area contributed by atoms with Crippen molar-refractivity contribution in [2.45, 2.75) is 58.5 Å². The van der Waals surface area contributed by atoms with Crippen LogP contribution in [0.25, 0.3) is 0 Å². The van der Waals surface area contributed by atoms with Crippen LogP contribution in [0.15, 0.2) is 24.3 Å². The van der Waals surface area contributed by atoms with Crippen molar-refractivity contribution < 1.29 is 0 Å². The molecule has 1 aromatic rings. The average Bonchev–Trinajstić information content (AvgIpc) is 2.46. The van der Waals surface area contributed by atoms with Crippen LogP contribution in [0.5, 0.6) is 0 Å². The van der Waals surface area contributed by atoms with Gasteiger partial charge in [0.1, 0.15) is 0 Å². The van der Waals surface area contributed by atoms with E-state index in [-0.39, 0.29) is 0 Å². The summed E-state index contributed by atoms with van der Waals surface area (Å²) in [6.07, 6.45) is 6.55. The molecule has 2 heteroatoms. The Morgan fingerprint density at radius 1 is 1.10 bits per heavy atom. The Morgan fingerprint density at radius 2 is 1.67 bits per heavy atom. The van der Waals surface area contributed by atoms with Crippen molar-refractivity contribution in [3.63, 3.8) is 0 Å². The zero-order valence-electron chi connectivity index (χ0n) is 14.3. The molecular formula is C19H32N2. The fraction of sp³-hybridized carbons (Fsp3) is 0.684. The van der Waals surface area contributed by atoms with Gasteiger partial charge in [-0.1, -0.05) is 38.1 Å². The second-order valence-electron chi connectivity index (χ2n) is 7.48. The summed E-state index contributed by atoms with van der Waals surface area (Å²) < 4.78 is 0. The first-order valence-corrected chi connectivity index (χ1v) is 8.43. The van der Waals surface area contributed by atoms with Crippen molar-refractivity contribution in [1.82, 2.24) is 10.2 Å². The van der Waals surface area contributed by atoms with Gasteiger partial charge in [-0.25, -0.2) is 0 Å². The van der Waals surface area contributed by atoms with Crippen LogP contribution >= 0.6 is 0 Å². The Balaban J connectivity index is 1.83. The van der Waals surface area contributed by atoms with Crippen LogP contribution in [-0.4, -0.2) is 31.6 Å². The zero-order valence-corrected chi connectivity index (χ0v) is 14.3. The molecule has 0 aliphatic heterocycles. The highest BCUT2D eigenvalue weighted by Crippen LogP contribution is 2.36. The Kier molecular flexibility index (Phi) is 5.83. The first-order chi connectivity index (χ1) is 10.00. The quantitative estimate of drug-likeness (QED) is 0.855. The molecule has 0 amide bonds. The molecule has 0 spiro atoms. The first-order valence-electron chi connectivity index (χ1n) is 8.43. The van der Waals surface area contributed by atoms with Crippen LogP contribution in [0.4, 0.5) is 0 Å². The number of hydrogen-bond acceptors (Lipinski definition) is 2. The molecule has 0 radical (unpaired) electrons. The number of likely N-dealkylation sites (N-methyl/N-ethyl adjacent to an activating group) is 1. The van der Waals surface area contributed by atoms with Crippen LogP contribution in [0.3, 0.4) is 0 Å². The van der Waals surface area contributed by atoms with E-state index in [2.05, 4.69) is 55.4 Å². The third-order valence-corrected chi connectivity index (χ3v) is 5.05. The molecule has 0 unspecified atom stereocenters. The predicted molar refractivity (Wildman–Crippen MR) is 91.6 cm³/mol. The summed E-state index contributed by atoms with van der Waals surface area (Å²) >= 11 is 0. The second-order valence-corrected chi connectivity index (χ2v) is 7.48. The number of hydrogen-bond donors (Lipinski definition) is 1. The Hall–Kier alpha value is -0.860. The largest absolute Gasteiger partial charge is 0.319 e. The van der Waals surface area contributed by atoms with E-state index < -0.39 is 0 Å². The molecule has 0 aromatic heterocycles. The van der Waals surface area contributed by atoms with Gasteiger partial charge in [0.25, 0.3) is 0 Å². The molecule has 2 nitrogen and oxygen atoms in total. The average molecular weight is 288 g/mol. The summed E-state index contributed by atoms with van der Waals surface area (Å²) in [5.41, 5.74) is 3.43. The molecule has 21 heavy (non-hydrogen) atoms. The fourth-order valence-corrected chi connectivity index (χ4v) is 3.32. The third kappa shape index (κ3) is 5.12. The fourth-order valence-electron chi connectivity index (χ4n) is 3.32. The van der Waals surface area contributed by atoms with Crippen LogP contribution < -0.4 is 5.32 Å². The van der Waals surface area contributed by atoms with Gasteiger partial charge in [-0.05, 0) is 69.3 Å². The van der Waals surface area contributed by atoms with E-state index in [1.807, 2.05) is 7.05 Å². The van der Waals surface area contributed by atoms with Gasteiger partial charge in [-0.3, -0.25) is 4.90 Å². The minimum atomic E-state index is 0.562. The lowest BCUT2D eigenvalue weighted by Crippen LogP contribution is -2.36. The number of rotatable bonds is 6. The molecule has 1 aliphatic carbocycles. The molecular weight excluding hydrogens is 256 g/mol. The van der Waals surface area contributed by atoms with Gasteiger partial charge in [0.05, 0.1) is 0 Å². The van der Waals surface area contributed by atoms with E-state index in [1.54, 1.807) is 0 Å². The summed E-state index contributed by atoms with van der Waals surface area (Å²) in [5.74, 6) is 0. The lowest BCUT2D eigenvalue weighted by Gasteiger charge is -2.38. The number of benzene rings is 1. The highest BCUT2D eigenvalue weighted by Gasteiger charge is 2.28. The predicted octanol–water partition coefficient (Wildman–Crippen LogP) is 3.85. The first kappa shape index (κ1) is 16.5. The van der Waals surface area contributed by atoms with E-state index in [9.17, 15) is 0 Å². The van der Waals surface area contributed by atoms with Crippen LogP contribution in [-0.2, 0) is 13.0 Å². The molecule has 1 aliphatic rings. The van der Waals surface area contributed by atoms with E-state index in [4.69, 9.17) is 0 Å². The van der Waals surface area contributed by atoms with Crippen molar-refractivity contribution in [2.24, 2.45) is 5.41 Å². The summed E-state index contributed by atoms with van der Waals surface area (Å²) in [4.78, 5) is 2.55. The van der Waals surface area contributed by atoms with Gasteiger partial charge in [-0.2, -0.15) is 0 Å². The zero-order chi connectivity index (χ0) is 15.3. The van der Waals surface area contributed by atoms with E-state index in [0.717, 1.165) is 25.6 Å². The molecule has 1 aromatic carbocycles. The minimum Gasteiger partial charge on any atom is -0.319 e. The van der Waals surface area contributed by atoms with E-state index in [0.29, 0.717) is 5.41 Å². The monoisotopic (exact) mass is 288 g/mol. The van der Waals surface area contributed by atoms with Gasteiger partial charge in [0.2, 0.25) is 0 Å². The molecule has 0 saturated heterocycles. The summed E-state index contributed by atoms with van der Waals surface area (Å²) in [6, 6.07) is 9.93. The van der Waals surface area contributed by atoms with Crippen molar-refractivity contribution >= 4 is 0 Å². The molecule has 118 valence electrons. The Morgan fingerprint density at radius 3 is 2.24 bits per heavy atom. The normalized spacial score (nSPS) is 19.1. The van der Waals surface area contributed by atoms with Crippen molar-refractivity contribution in [2.75, 3.05) is 20.6 Å². The summed E-state index contributed by atoms with van der Waals surface area (Å²) in [5, 5.41) is 3.20. The third-order valence-electron chi connectivity index (χ3n) is 5.05. The van der Waals surface area contributed by atoms with Gasteiger partial charge in [0.15, 0.2) is 0 Å². The highest BCUT2D eigenvalue weighted by atomic mass is 15.1. The van der Waals surface area contributed by atoms with Gasteiger partial charge in [0, 0.05) is 12.6 Å². The number of nitrogens with one attached hydrogen (secondary N) is 1. The molecule has 1 saturated carbocycles.